The second-order valence-electron chi connectivity index (χ2n) is 4.61. The molecule has 21 heavy (non-hydrogen) atoms. The predicted octanol–water partition coefficient (Wildman–Crippen LogP) is 2.40. The van der Waals surface area contributed by atoms with Crippen molar-refractivity contribution in [1.82, 2.24) is 15.3 Å². The fourth-order valence-electron chi connectivity index (χ4n) is 2.07. The van der Waals surface area contributed by atoms with E-state index in [0.29, 0.717) is 17.9 Å². The fourth-order valence-corrected chi connectivity index (χ4v) is 2.07. The Morgan fingerprint density at radius 2 is 2.05 bits per heavy atom. The highest BCUT2D eigenvalue weighted by atomic mass is 16.1. The number of hydrogen-bond acceptors (Lipinski definition) is 4. The van der Waals surface area contributed by atoms with E-state index in [1.807, 2.05) is 19.1 Å². The molecule has 5 nitrogen and oxygen atoms in total. The van der Waals surface area contributed by atoms with E-state index in [1.54, 1.807) is 24.5 Å². The van der Waals surface area contributed by atoms with Crippen molar-refractivity contribution >= 4 is 11.7 Å². The number of amides is 1. The van der Waals surface area contributed by atoms with Crippen LogP contribution in [0.3, 0.4) is 0 Å². The fraction of sp³-hybridized carbons (Fsp3) is 0.312. The van der Waals surface area contributed by atoms with Gasteiger partial charge in [0.15, 0.2) is 0 Å². The first kappa shape index (κ1) is 15.0. The van der Waals surface area contributed by atoms with Crippen molar-refractivity contribution in [3.8, 4) is 0 Å². The van der Waals surface area contributed by atoms with Gasteiger partial charge < -0.3 is 10.6 Å². The monoisotopic (exact) mass is 284 g/mol. The summed E-state index contributed by atoms with van der Waals surface area (Å²) in [5.74, 6) is 0.585. The first-order chi connectivity index (χ1) is 10.2. The summed E-state index contributed by atoms with van der Waals surface area (Å²) in [6.45, 7) is 5.27. The topological polar surface area (TPSA) is 66.9 Å². The summed E-state index contributed by atoms with van der Waals surface area (Å²) in [7, 11) is 0. The van der Waals surface area contributed by atoms with Crippen molar-refractivity contribution < 1.29 is 4.79 Å². The smallest absolute Gasteiger partial charge is 0.251 e. The van der Waals surface area contributed by atoms with Gasteiger partial charge in [-0.25, -0.2) is 4.98 Å². The normalized spacial score (nSPS) is 10.2. The molecule has 0 aliphatic carbocycles. The number of pyridine rings is 2. The van der Waals surface area contributed by atoms with Crippen molar-refractivity contribution in [1.29, 1.82) is 0 Å². The first-order valence-corrected chi connectivity index (χ1v) is 7.15. The average molecular weight is 284 g/mol. The van der Waals surface area contributed by atoms with Crippen LogP contribution in [0.5, 0.6) is 0 Å². The minimum atomic E-state index is -0.121. The predicted molar refractivity (Wildman–Crippen MR) is 83.2 cm³/mol. The second kappa shape index (κ2) is 7.38. The molecule has 1 amide bonds. The molecule has 0 fully saturated rings. The summed E-state index contributed by atoms with van der Waals surface area (Å²) in [5.41, 5.74) is 2.66. The van der Waals surface area contributed by atoms with E-state index in [1.165, 1.54) is 0 Å². The molecule has 0 aromatic carbocycles. The van der Waals surface area contributed by atoms with Gasteiger partial charge in [0.05, 0.1) is 12.2 Å². The van der Waals surface area contributed by atoms with Crippen LogP contribution < -0.4 is 10.6 Å². The molecule has 0 radical (unpaired) electrons. The van der Waals surface area contributed by atoms with Crippen molar-refractivity contribution in [3.05, 3.63) is 53.5 Å². The van der Waals surface area contributed by atoms with Crippen LogP contribution in [0.15, 0.2) is 36.7 Å². The van der Waals surface area contributed by atoms with Crippen LogP contribution in [0.1, 0.15) is 35.5 Å². The maximum Gasteiger partial charge on any atom is 0.251 e. The molecular formula is C16H20N4O. The van der Waals surface area contributed by atoms with E-state index in [2.05, 4.69) is 27.5 Å². The van der Waals surface area contributed by atoms with Gasteiger partial charge in [-0.1, -0.05) is 13.0 Å². The number of aromatic nitrogens is 2. The van der Waals surface area contributed by atoms with E-state index in [-0.39, 0.29) is 5.91 Å². The lowest BCUT2D eigenvalue weighted by molar-refractivity contribution is 0.0950. The van der Waals surface area contributed by atoms with Crippen LogP contribution in [-0.2, 0) is 13.0 Å². The Balaban J connectivity index is 2.03. The lowest BCUT2D eigenvalue weighted by Gasteiger charge is -2.09. The molecular weight excluding hydrogens is 264 g/mol. The van der Waals surface area contributed by atoms with Crippen LogP contribution in [0.25, 0.3) is 0 Å². The van der Waals surface area contributed by atoms with Gasteiger partial charge in [-0.3, -0.25) is 9.78 Å². The number of anilines is 1. The van der Waals surface area contributed by atoms with Crippen molar-refractivity contribution in [2.45, 2.75) is 26.8 Å². The molecule has 110 valence electrons. The number of aryl methyl sites for hydroxylation is 1. The number of nitrogens with zero attached hydrogens (tertiary/aromatic N) is 2. The highest BCUT2D eigenvalue weighted by molar-refractivity contribution is 5.94. The lowest BCUT2D eigenvalue weighted by atomic mass is 10.1. The van der Waals surface area contributed by atoms with Gasteiger partial charge in [0.1, 0.15) is 5.82 Å². The van der Waals surface area contributed by atoms with Crippen molar-refractivity contribution in [2.24, 2.45) is 0 Å². The molecule has 0 unspecified atom stereocenters. The standard InChI is InChI=1S/C16H20N4O/c1-3-12-6-5-8-18-14(12)11-20-16(21)13-7-9-19-15(10-13)17-4-2/h5-10H,3-4,11H2,1-2H3,(H,17,19)(H,20,21). The molecule has 2 aromatic rings. The van der Waals surface area contributed by atoms with Gasteiger partial charge in [0.25, 0.3) is 5.91 Å². The van der Waals surface area contributed by atoms with E-state index in [4.69, 9.17) is 0 Å². The molecule has 0 spiro atoms. The Hall–Kier alpha value is -2.43. The maximum absolute atomic E-state index is 12.2. The lowest BCUT2D eigenvalue weighted by Crippen LogP contribution is -2.24. The minimum absolute atomic E-state index is 0.121. The highest BCUT2D eigenvalue weighted by Gasteiger charge is 2.08. The van der Waals surface area contributed by atoms with E-state index in [0.717, 1.165) is 24.2 Å². The average Bonchev–Trinajstić information content (AvgIpc) is 2.53. The Morgan fingerprint density at radius 3 is 2.81 bits per heavy atom. The zero-order valence-corrected chi connectivity index (χ0v) is 12.4. The van der Waals surface area contributed by atoms with E-state index in [9.17, 15) is 4.79 Å². The van der Waals surface area contributed by atoms with E-state index >= 15 is 0 Å². The molecule has 0 bridgehead atoms. The molecule has 2 heterocycles. The van der Waals surface area contributed by atoms with Crippen LogP contribution in [0, 0.1) is 0 Å². The summed E-state index contributed by atoms with van der Waals surface area (Å²) < 4.78 is 0. The van der Waals surface area contributed by atoms with E-state index < -0.39 is 0 Å². The zero-order chi connectivity index (χ0) is 15.1. The minimum Gasteiger partial charge on any atom is -0.370 e. The third kappa shape index (κ3) is 4.02. The number of rotatable bonds is 6. The van der Waals surface area contributed by atoms with Gasteiger partial charge in [-0.2, -0.15) is 0 Å². The summed E-state index contributed by atoms with van der Waals surface area (Å²) in [6.07, 6.45) is 4.28. The van der Waals surface area contributed by atoms with Gasteiger partial charge in [-0.15, -0.1) is 0 Å². The number of nitrogens with one attached hydrogen (secondary N) is 2. The molecule has 0 saturated heterocycles. The quantitative estimate of drug-likeness (QED) is 0.855. The Bertz CT molecular complexity index is 613. The third-order valence-electron chi connectivity index (χ3n) is 3.16. The highest BCUT2D eigenvalue weighted by Crippen LogP contribution is 2.08. The molecule has 0 saturated carbocycles. The molecule has 2 aromatic heterocycles. The Kier molecular flexibility index (Phi) is 5.26. The van der Waals surface area contributed by atoms with Crippen molar-refractivity contribution in [3.63, 3.8) is 0 Å². The SMILES string of the molecule is CCNc1cc(C(=O)NCc2ncccc2CC)ccn1. The summed E-state index contributed by atoms with van der Waals surface area (Å²) in [6, 6.07) is 7.40. The molecule has 2 rings (SSSR count). The first-order valence-electron chi connectivity index (χ1n) is 7.15. The molecule has 5 heteroatoms. The van der Waals surface area contributed by atoms with Gasteiger partial charge in [-0.05, 0) is 37.1 Å². The van der Waals surface area contributed by atoms with Crippen LogP contribution in [0.4, 0.5) is 5.82 Å². The van der Waals surface area contributed by atoms with Crippen LogP contribution in [-0.4, -0.2) is 22.4 Å². The molecule has 0 aliphatic rings. The van der Waals surface area contributed by atoms with Gasteiger partial charge in [0.2, 0.25) is 0 Å². The maximum atomic E-state index is 12.2. The summed E-state index contributed by atoms with van der Waals surface area (Å²) in [4.78, 5) is 20.7. The largest absolute Gasteiger partial charge is 0.370 e. The molecule has 0 atom stereocenters. The Labute approximate surface area is 124 Å². The number of carbonyl (C=O) groups excluding carboxylic acids is 1. The summed E-state index contributed by atoms with van der Waals surface area (Å²) >= 11 is 0. The third-order valence-corrected chi connectivity index (χ3v) is 3.16. The van der Waals surface area contributed by atoms with Gasteiger partial charge >= 0.3 is 0 Å². The molecule has 0 aliphatic heterocycles. The zero-order valence-electron chi connectivity index (χ0n) is 12.4. The van der Waals surface area contributed by atoms with Crippen LogP contribution >= 0.6 is 0 Å². The second-order valence-corrected chi connectivity index (χ2v) is 4.61. The van der Waals surface area contributed by atoms with Gasteiger partial charge in [0, 0.05) is 24.5 Å². The Morgan fingerprint density at radius 1 is 1.19 bits per heavy atom. The summed E-state index contributed by atoms with van der Waals surface area (Å²) in [5, 5.41) is 5.99. The van der Waals surface area contributed by atoms with Crippen molar-refractivity contribution in [2.75, 3.05) is 11.9 Å². The number of carbonyl (C=O) groups is 1. The van der Waals surface area contributed by atoms with Crippen LogP contribution in [0.2, 0.25) is 0 Å². The molecule has 2 N–H and O–H groups in total. The number of hydrogen-bond donors (Lipinski definition) is 2.